The Morgan fingerprint density at radius 1 is 1.18 bits per heavy atom. The van der Waals surface area contributed by atoms with Crippen molar-refractivity contribution in [3.8, 4) is 11.5 Å². The molecule has 0 saturated heterocycles. The first-order valence-corrected chi connectivity index (χ1v) is 8.04. The zero-order chi connectivity index (χ0) is 20.9. The molecule has 1 unspecified atom stereocenters. The molecule has 0 aliphatic rings. The van der Waals surface area contributed by atoms with Gasteiger partial charge in [-0.1, -0.05) is 24.3 Å². The highest BCUT2D eigenvalue weighted by atomic mass is 16.9. The highest BCUT2D eigenvalue weighted by Gasteiger charge is 2.36. The maximum atomic E-state index is 12.7. The van der Waals surface area contributed by atoms with Crippen molar-refractivity contribution in [3.63, 3.8) is 0 Å². The Kier molecular flexibility index (Phi) is 6.04. The SMILES string of the molecule is CC(Cc1ccc(O)c(O)c1)(NC(=O)c1ccccc1CO[N+](=O)[O-])C(=O)O. The lowest BCUT2D eigenvalue weighted by molar-refractivity contribution is -0.763. The van der Waals surface area contributed by atoms with Crippen LogP contribution in [0.3, 0.4) is 0 Å². The Bertz CT molecular complexity index is 914. The van der Waals surface area contributed by atoms with E-state index in [0.29, 0.717) is 5.56 Å². The Balaban J connectivity index is 2.26. The van der Waals surface area contributed by atoms with E-state index < -0.39 is 34.9 Å². The molecule has 0 bridgehead atoms. The summed E-state index contributed by atoms with van der Waals surface area (Å²) in [5.41, 5.74) is -1.14. The molecular weight excluding hydrogens is 372 g/mol. The molecule has 0 radical (unpaired) electrons. The van der Waals surface area contributed by atoms with Crippen molar-refractivity contribution in [2.24, 2.45) is 0 Å². The van der Waals surface area contributed by atoms with Crippen LogP contribution in [-0.4, -0.2) is 37.8 Å². The fraction of sp³-hybridized carbons (Fsp3) is 0.222. The van der Waals surface area contributed by atoms with Crippen LogP contribution in [0.2, 0.25) is 0 Å². The molecule has 10 heteroatoms. The zero-order valence-electron chi connectivity index (χ0n) is 14.8. The number of phenolic OH excluding ortho intramolecular Hbond substituents is 2. The number of hydrogen-bond donors (Lipinski definition) is 4. The Labute approximate surface area is 159 Å². The number of carbonyl (C=O) groups excluding carboxylic acids is 1. The van der Waals surface area contributed by atoms with Gasteiger partial charge in [-0.05, 0) is 36.2 Å². The van der Waals surface area contributed by atoms with Gasteiger partial charge in [-0.15, -0.1) is 10.1 Å². The van der Waals surface area contributed by atoms with Crippen molar-refractivity contribution in [2.45, 2.75) is 25.5 Å². The minimum Gasteiger partial charge on any atom is -0.504 e. The van der Waals surface area contributed by atoms with Crippen molar-refractivity contribution in [1.82, 2.24) is 5.32 Å². The standard InChI is InChI=1S/C18H18N2O8/c1-18(17(24)25,9-11-6-7-14(21)15(22)8-11)19-16(23)13-5-3-2-4-12(13)10-28-20(26)27/h2-8,21-22H,9-10H2,1H3,(H,19,23)(H,24,25). The number of hydrogen-bond acceptors (Lipinski definition) is 7. The van der Waals surface area contributed by atoms with Crippen LogP contribution < -0.4 is 5.32 Å². The monoisotopic (exact) mass is 390 g/mol. The summed E-state index contributed by atoms with van der Waals surface area (Å²) in [7, 11) is 0. The molecule has 0 spiro atoms. The molecule has 0 aromatic heterocycles. The molecule has 0 fully saturated rings. The maximum absolute atomic E-state index is 12.7. The molecule has 1 atom stereocenters. The van der Waals surface area contributed by atoms with Gasteiger partial charge in [0.2, 0.25) is 0 Å². The lowest BCUT2D eigenvalue weighted by Crippen LogP contribution is -2.54. The van der Waals surface area contributed by atoms with E-state index in [1.807, 2.05) is 0 Å². The van der Waals surface area contributed by atoms with Gasteiger partial charge in [0.1, 0.15) is 12.1 Å². The molecule has 0 aliphatic carbocycles. The molecule has 0 aliphatic heterocycles. The first-order chi connectivity index (χ1) is 13.1. The number of rotatable bonds is 8. The average molecular weight is 390 g/mol. The van der Waals surface area contributed by atoms with Crippen LogP contribution in [0.1, 0.15) is 28.4 Å². The van der Waals surface area contributed by atoms with Crippen LogP contribution in [0.25, 0.3) is 0 Å². The largest absolute Gasteiger partial charge is 0.504 e. The van der Waals surface area contributed by atoms with Crippen molar-refractivity contribution in [1.29, 1.82) is 0 Å². The summed E-state index contributed by atoms with van der Waals surface area (Å²) in [6.45, 7) is 0.819. The van der Waals surface area contributed by atoms with Gasteiger partial charge in [-0.25, -0.2) is 4.79 Å². The number of benzene rings is 2. The topological polar surface area (TPSA) is 159 Å². The van der Waals surface area contributed by atoms with Gasteiger partial charge >= 0.3 is 5.97 Å². The second kappa shape index (κ2) is 8.25. The minimum atomic E-state index is -1.75. The van der Waals surface area contributed by atoms with Gasteiger partial charge in [0.25, 0.3) is 11.0 Å². The van der Waals surface area contributed by atoms with Crippen molar-refractivity contribution >= 4 is 11.9 Å². The van der Waals surface area contributed by atoms with E-state index >= 15 is 0 Å². The number of carboxylic acids is 1. The molecule has 10 nitrogen and oxygen atoms in total. The van der Waals surface area contributed by atoms with E-state index in [1.165, 1.54) is 43.3 Å². The summed E-state index contributed by atoms with van der Waals surface area (Å²) in [6.07, 6.45) is -0.185. The molecule has 2 aromatic carbocycles. The third-order valence-corrected chi connectivity index (χ3v) is 4.05. The molecule has 2 rings (SSSR count). The number of aliphatic carboxylic acids is 1. The molecule has 28 heavy (non-hydrogen) atoms. The van der Waals surface area contributed by atoms with Crippen molar-refractivity contribution in [3.05, 3.63) is 69.3 Å². The Morgan fingerprint density at radius 2 is 1.86 bits per heavy atom. The maximum Gasteiger partial charge on any atom is 0.329 e. The summed E-state index contributed by atoms with van der Waals surface area (Å²) < 4.78 is 0. The van der Waals surface area contributed by atoms with E-state index in [9.17, 15) is 35.0 Å². The smallest absolute Gasteiger partial charge is 0.329 e. The number of nitrogens with zero attached hydrogens (tertiary/aromatic N) is 1. The molecule has 148 valence electrons. The summed E-state index contributed by atoms with van der Waals surface area (Å²) in [6, 6.07) is 9.75. The molecular formula is C18H18N2O8. The molecule has 2 aromatic rings. The fourth-order valence-corrected chi connectivity index (χ4v) is 2.57. The van der Waals surface area contributed by atoms with Crippen LogP contribution in [0, 0.1) is 10.1 Å². The lowest BCUT2D eigenvalue weighted by Gasteiger charge is -2.27. The number of phenols is 2. The number of nitrogens with one attached hydrogen (secondary N) is 1. The number of carbonyl (C=O) groups is 2. The Morgan fingerprint density at radius 3 is 2.46 bits per heavy atom. The van der Waals surface area contributed by atoms with Crippen LogP contribution in [0.5, 0.6) is 11.5 Å². The minimum absolute atomic E-state index is 0.0328. The number of carboxylic acid groups (broad SMARTS) is 1. The normalized spacial score (nSPS) is 12.6. The van der Waals surface area contributed by atoms with Crippen LogP contribution in [0.4, 0.5) is 0 Å². The molecule has 0 heterocycles. The third kappa shape index (κ3) is 4.87. The third-order valence-electron chi connectivity index (χ3n) is 4.05. The molecule has 4 N–H and O–H groups in total. The van der Waals surface area contributed by atoms with E-state index in [0.717, 1.165) is 0 Å². The summed E-state index contributed by atoms with van der Waals surface area (Å²) in [4.78, 5) is 39.1. The number of amides is 1. The summed E-state index contributed by atoms with van der Waals surface area (Å²) in [5.74, 6) is -2.86. The van der Waals surface area contributed by atoms with Crippen molar-refractivity contribution < 1.29 is 34.8 Å². The van der Waals surface area contributed by atoms with Gasteiger partial charge in [0, 0.05) is 12.0 Å². The lowest BCUT2D eigenvalue weighted by atomic mass is 9.91. The van der Waals surface area contributed by atoms with Crippen molar-refractivity contribution in [2.75, 3.05) is 0 Å². The predicted molar refractivity (Wildman–Crippen MR) is 95.2 cm³/mol. The number of aromatic hydroxyl groups is 2. The predicted octanol–water partition coefficient (Wildman–Crippen LogP) is 1.62. The Hall–Kier alpha value is -3.82. The summed E-state index contributed by atoms with van der Waals surface area (Å²) >= 11 is 0. The molecule has 0 saturated carbocycles. The quantitative estimate of drug-likeness (QED) is 0.300. The highest BCUT2D eigenvalue weighted by Crippen LogP contribution is 2.27. The molecule has 1 amide bonds. The van der Waals surface area contributed by atoms with Crippen LogP contribution in [-0.2, 0) is 22.7 Å². The zero-order valence-corrected chi connectivity index (χ0v) is 14.8. The van der Waals surface area contributed by atoms with Gasteiger partial charge in [0.15, 0.2) is 11.5 Å². The fourth-order valence-electron chi connectivity index (χ4n) is 2.57. The van der Waals surface area contributed by atoms with E-state index in [2.05, 4.69) is 10.2 Å². The highest BCUT2D eigenvalue weighted by molar-refractivity contribution is 5.99. The van der Waals surface area contributed by atoms with Gasteiger partial charge in [0.05, 0.1) is 0 Å². The van der Waals surface area contributed by atoms with Gasteiger partial charge in [-0.3, -0.25) is 4.79 Å². The second-order valence-corrected chi connectivity index (χ2v) is 6.25. The van der Waals surface area contributed by atoms with Gasteiger partial charge in [-0.2, -0.15) is 0 Å². The summed E-state index contributed by atoms with van der Waals surface area (Å²) in [5, 5.41) is 40.4. The van der Waals surface area contributed by atoms with Crippen LogP contribution in [0.15, 0.2) is 42.5 Å². The van der Waals surface area contributed by atoms with Crippen LogP contribution >= 0.6 is 0 Å². The van der Waals surface area contributed by atoms with E-state index in [-0.39, 0.29) is 23.3 Å². The van der Waals surface area contributed by atoms with E-state index in [1.54, 1.807) is 6.07 Å². The average Bonchev–Trinajstić information content (AvgIpc) is 2.63. The first-order valence-electron chi connectivity index (χ1n) is 8.04. The second-order valence-electron chi connectivity index (χ2n) is 6.25. The van der Waals surface area contributed by atoms with Gasteiger partial charge < -0.3 is 25.5 Å². The first kappa shape index (κ1) is 20.5. The van der Waals surface area contributed by atoms with E-state index in [4.69, 9.17) is 0 Å².